The zero-order valence-electron chi connectivity index (χ0n) is 16.7. The summed E-state index contributed by atoms with van der Waals surface area (Å²) in [6.07, 6.45) is 0.677. The van der Waals surface area contributed by atoms with Crippen molar-refractivity contribution in [2.75, 3.05) is 13.6 Å². The van der Waals surface area contributed by atoms with E-state index in [0.717, 1.165) is 9.75 Å². The van der Waals surface area contributed by atoms with E-state index in [2.05, 4.69) is 5.32 Å². The van der Waals surface area contributed by atoms with Crippen LogP contribution in [0.5, 0.6) is 0 Å². The van der Waals surface area contributed by atoms with E-state index in [0.29, 0.717) is 38.9 Å². The van der Waals surface area contributed by atoms with Crippen LogP contribution in [0.4, 0.5) is 4.79 Å². The average molecular weight is 438 g/mol. The number of nitrogens with one attached hydrogen (secondary N) is 1. The molecule has 2 N–H and O–H groups in total. The highest BCUT2D eigenvalue weighted by molar-refractivity contribution is 7.10. The molecule has 158 valence electrons. The lowest BCUT2D eigenvalue weighted by Gasteiger charge is -2.32. The standard InChI is InChI=1S/C20H27N3O4S2/c1-15(24)22(2)18(9-3-4-10-21-20(26)27)19(25)23(13-16-7-5-11-28-16)14-17-8-6-12-29-17/h5-8,11-12,18,21H,3-4,9-10,13-14H2,1-2H3,(H,26,27). The van der Waals surface area contributed by atoms with E-state index in [1.165, 1.54) is 11.8 Å². The maximum absolute atomic E-state index is 13.4. The summed E-state index contributed by atoms with van der Waals surface area (Å²) in [6.45, 7) is 2.78. The van der Waals surface area contributed by atoms with Gasteiger partial charge in [0, 0.05) is 30.3 Å². The van der Waals surface area contributed by atoms with Crippen molar-refractivity contribution in [3.8, 4) is 0 Å². The summed E-state index contributed by atoms with van der Waals surface area (Å²) < 4.78 is 0. The van der Waals surface area contributed by atoms with Gasteiger partial charge in [-0.3, -0.25) is 9.59 Å². The average Bonchev–Trinajstić information content (AvgIpc) is 3.37. The SMILES string of the molecule is CC(=O)N(C)C(CCCCNC(=O)O)C(=O)N(Cc1cccs1)Cc1cccs1. The minimum Gasteiger partial charge on any atom is -0.465 e. The molecule has 0 aliphatic rings. The van der Waals surface area contributed by atoms with Crippen LogP contribution in [-0.4, -0.2) is 52.4 Å². The lowest BCUT2D eigenvalue weighted by atomic mass is 10.1. The van der Waals surface area contributed by atoms with Crippen LogP contribution in [0.1, 0.15) is 35.9 Å². The molecule has 0 saturated heterocycles. The highest BCUT2D eigenvalue weighted by Gasteiger charge is 2.29. The van der Waals surface area contributed by atoms with Gasteiger partial charge in [0.15, 0.2) is 0 Å². The Morgan fingerprint density at radius 1 is 1.07 bits per heavy atom. The Labute approximate surface area is 178 Å². The number of rotatable bonds is 11. The Morgan fingerprint density at radius 2 is 1.66 bits per heavy atom. The van der Waals surface area contributed by atoms with E-state index < -0.39 is 12.1 Å². The van der Waals surface area contributed by atoms with Gasteiger partial charge in [0.25, 0.3) is 0 Å². The fourth-order valence-corrected chi connectivity index (χ4v) is 4.40. The number of carbonyl (C=O) groups excluding carboxylic acids is 2. The highest BCUT2D eigenvalue weighted by Crippen LogP contribution is 2.20. The molecule has 0 bridgehead atoms. The number of carboxylic acid groups (broad SMARTS) is 1. The predicted molar refractivity (Wildman–Crippen MR) is 115 cm³/mol. The van der Waals surface area contributed by atoms with Crippen molar-refractivity contribution in [3.63, 3.8) is 0 Å². The number of unbranched alkanes of at least 4 members (excludes halogenated alkanes) is 1. The normalized spacial score (nSPS) is 11.7. The van der Waals surface area contributed by atoms with Crippen molar-refractivity contribution < 1.29 is 19.5 Å². The van der Waals surface area contributed by atoms with Crippen LogP contribution >= 0.6 is 22.7 Å². The number of hydrogen-bond donors (Lipinski definition) is 2. The van der Waals surface area contributed by atoms with E-state index in [1.807, 2.05) is 35.0 Å². The van der Waals surface area contributed by atoms with Gasteiger partial charge < -0.3 is 20.2 Å². The molecule has 0 spiro atoms. The van der Waals surface area contributed by atoms with Gasteiger partial charge in [-0.05, 0) is 42.2 Å². The summed E-state index contributed by atoms with van der Waals surface area (Å²) in [5.41, 5.74) is 0. The van der Waals surface area contributed by atoms with E-state index in [1.54, 1.807) is 34.6 Å². The van der Waals surface area contributed by atoms with Crippen LogP contribution in [0.15, 0.2) is 35.0 Å². The maximum atomic E-state index is 13.4. The quantitative estimate of drug-likeness (QED) is 0.526. The van der Waals surface area contributed by atoms with Gasteiger partial charge in [-0.15, -0.1) is 22.7 Å². The second-order valence-corrected chi connectivity index (χ2v) is 8.79. The monoisotopic (exact) mass is 437 g/mol. The van der Waals surface area contributed by atoms with Crippen LogP contribution in [0.25, 0.3) is 0 Å². The number of carbonyl (C=O) groups is 3. The largest absolute Gasteiger partial charge is 0.465 e. The Balaban J connectivity index is 2.11. The first-order chi connectivity index (χ1) is 13.9. The third-order valence-electron chi connectivity index (χ3n) is 4.60. The van der Waals surface area contributed by atoms with Gasteiger partial charge >= 0.3 is 6.09 Å². The van der Waals surface area contributed by atoms with Crippen LogP contribution < -0.4 is 5.32 Å². The molecular formula is C20H27N3O4S2. The number of nitrogens with zero attached hydrogens (tertiary/aromatic N) is 2. The molecule has 0 aliphatic heterocycles. The molecular weight excluding hydrogens is 410 g/mol. The summed E-state index contributed by atoms with van der Waals surface area (Å²) in [4.78, 5) is 41.5. The van der Waals surface area contributed by atoms with Crippen molar-refractivity contribution in [2.45, 2.75) is 45.3 Å². The topological polar surface area (TPSA) is 90.0 Å². The molecule has 1 atom stereocenters. The van der Waals surface area contributed by atoms with Gasteiger partial charge in [-0.2, -0.15) is 0 Å². The van der Waals surface area contributed by atoms with E-state index >= 15 is 0 Å². The summed E-state index contributed by atoms with van der Waals surface area (Å²) in [5, 5.41) is 15.0. The molecule has 2 aromatic heterocycles. The second-order valence-electron chi connectivity index (χ2n) is 6.73. The second kappa shape index (κ2) is 11.6. The van der Waals surface area contributed by atoms with Gasteiger partial charge in [-0.25, -0.2) is 4.79 Å². The lowest BCUT2D eigenvalue weighted by molar-refractivity contribution is -0.144. The van der Waals surface area contributed by atoms with Crippen molar-refractivity contribution >= 4 is 40.6 Å². The lowest BCUT2D eigenvalue weighted by Crippen LogP contribution is -2.48. The van der Waals surface area contributed by atoms with Crippen molar-refractivity contribution in [3.05, 3.63) is 44.8 Å². The fourth-order valence-electron chi connectivity index (χ4n) is 2.96. The summed E-state index contributed by atoms with van der Waals surface area (Å²) in [6, 6.07) is 7.35. The molecule has 3 amide bonds. The van der Waals surface area contributed by atoms with Crippen molar-refractivity contribution in [1.29, 1.82) is 0 Å². The first-order valence-corrected chi connectivity index (χ1v) is 11.2. The molecule has 1 unspecified atom stereocenters. The summed E-state index contributed by atoms with van der Waals surface area (Å²) >= 11 is 3.20. The fraction of sp³-hybridized carbons (Fsp3) is 0.450. The van der Waals surface area contributed by atoms with Gasteiger partial charge in [-0.1, -0.05) is 12.1 Å². The van der Waals surface area contributed by atoms with Crippen LogP contribution in [0.3, 0.4) is 0 Å². The van der Waals surface area contributed by atoms with E-state index in [9.17, 15) is 14.4 Å². The minimum absolute atomic E-state index is 0.0873. The van der Waals surface area contributed by atoms with Crippen molar-refractivity contribution in [2.24, 2.45) is 0 Å². The smallest absolute Gasteiger partial charge is 0.404 e. The maximum Gasteiger partial charge on any atom is 0.404 e. The number of likely N-dealkylation sites (N-methyl/N-ethyl adjacent to an activating group) is 1. The Bertz CT molecular complexity index is 742. The zero-order valence-corrected chi connectivity index (χ0v) is 18.3. The molecule has 0 aromatic carbocycles. The number of amides is 3. The van der Waals surface area contributed by atoms with E-state index in [4.69, 9.17) is 5.11 Å². The van der Waals surface area contributed by atoms with Crippen LogP contribution in [-0.2, 0) is 22.7 Å². The molecule has 7 nitrogen and oxygen atoms in total. The third-order valence-corrected chi connectivity index (χ3v) is 6.32. The molecule has 2 rings (SSSR count). The first-order valence-electron chi connectivity index (χ1n) is 9.42. The number of thiophene rings is 2. The molecule has 2 aromatic rings. The molecule has 2 heterocycles. The van der Waals surface area contributed by atoms with Crippen molar-refractivity contribution in [1.82, 2.24) is 15.1 Å². The minimum atomic E-state index is -1.06. The summed E-state index contributed by atoms with van der Waals surface area (Å²) in [7, 11) is 1.65. The molecule has 0 fully saturated rings. The first kappa shape index (κ1) is 22.9. The molecule has 0 aliphatic carbocycles. The summed E-state index contributed by atoms with van der Waals surface area (Å²) in [5.74, 6) is -0.255. The highest BCUT2D eigenvalue weighted by atomic mass is 32.1. The Hall–Kier alpha value is -2.39. The Kier molecular flexibility index (Phi) is 9.14. The van der Waals surface area contributed by atoms with Crippen LogP contribution in [0.2, 0.25) is 0 Å². The van der Waals surface area contributed by atoms with Crippen LogP contribution in [0, 0.1) is 0 Å². The van der Waals surface area contributed by atoms with Gasteiger partial charge in [0.2, 0.25) is 11.8 Å². The molecule has 0 saturated carbocycles. The van der Waals surface area contributed by atoms with E-state index in [-0.39, 0.29) is 11.8 Å². The number of hydrogen-bond acceptors (Lipinski definition) is 5. The zero-order chi connectivity index (χ0) is 21.2. The molecule has 0 radical (unpaired) electrons. The third kappa shape index (κ3) is 7.51. The molecule has 9 heteroatoms. The van der Waals surface area contributed by atoms with Gasteiger partial charge in [0.05, 0.1) is 13.1 Å². The van der Waals surface area contributed by atoms with Gasteiger partial charge in [0.1, 0.15) is 6.04 Å². The molecule has 29 heavy (non-hydrogen) atoms. The predicted octanol–water partition coefficient (Wildman–Crippen LogP) is 3.62. The Morgan fingerprint density at radius 3 is 2.10 bits per heavy atom.